The Labute approximate surface area is 120 Å². The third-order valence-corrected chi connectivity index (χ3v) is 2.36. The molecular weight excluding hydrogens is 322 g/mol. The number of aromatic nitrogens is 1. The fraction of sp³-hybridized carbons (Fsp3) is 0.455. The number of carbonyl (C=O) groups excluding carboxylic acids is 1. The molecule has 0 aliphatic heterocycles. The molecule has 0 fully saturated rings. The van der Waals surface area contributed by atoms with E-state index in [1.165, 1.54) is 0 Å². The zero-order chi connectivity index (χ0) is 17.1. The number of esters is 1. The molecule has 0 aliphatic carbocycles. The van der Waals surface area contributed by atoms with E-state index in [-0.39, 0.29) is 0 Å². The van der Waals surface area contributed by atoms with Gasteiger partial charge in [-0.3, -0.25) is 4.79 Å². The van der Waals surface area contributed by atoms with Gasteiger partial charge in [0.2, 0.25) is 0 Å². The van der Waals surface area contributed by atoms with E-state index in [2.05, 4.69) is 14.5 Å². The van der Waals surface area contributed by atoms with Crippen molar-refractivity contribution in [3.05, 3.63) is 23.0 Å². The summed E-state index contributed by atoms with van der Waals surface area (Å²) in [6.45, 7) is -0.675. The van der Waals surface area contributed by atoms with Crippen LogP contribution in [0.2, 0.25) is 0 Å². The molecule has 11 heteroatoms. The molecule has 0 atom stereocenters. The van der Waals surface area contributed by atoms with E-state index in [1.807, 2.05) is 0 Å². The van der Waals surface area contributed by atoms with Gasteiger partial charge in [-0.2, -0.15) is 13.2 Å². The Hall–Kier alpha value is -2.04. The molecule has 1 aromatic heterocycles. The number of rotatable bonds is 4. The maximum Gasteiger partial charge on any atom is 0.573 e. The van der Waals surface area contributed by atoms with E-state index in [9.17, 15) is 31.1 Å². The molecule has 1 rings (SSSR count). The summed E-state index contributed by atoms with van der Waals surface area (Å²) in [5, 5.41) is 0. The van der Waals surface area contributed by atoms with Crippen molar-refractivity contribution < 1.29 is 40.6 Å². The van der Waals surface area contributed by atoms with Crippen molar-refractivity contribution in [1.82, 2.24) is 4.98 Å². The van der Waals surface area contributed by atoms with Gasteiger partial charge in [0.05, 0.1) is 19.2 Å². The van der Waals surface area contributed by atoms with Gasteiger partial charge in [-0.25, -0.2) is 4.98 Å². The second-order valence-electron chi connectivity index (χ2n) is 3.95. The number of pyridine rings is 1. The number of methoxy groups -OCH3 is 1. The van der Waals surface area contributed by atoms with Crippen molar-refractivity contribution in [2.24, 2.45) is 5.73 Å². The van der Waals surface area contributed by atoms with E-state index < -0.39 is 54.2 Å². The third-order valence-electron chi connectivity index (χ3n) is 2.36. The van der Waals surface area contributed by atoms with Crippen LogP contribution in [-0.4, -0.2) is 24.4 Å². The van der Waals surface area contributed by atoms with Crippen molar-refractivity contribution in [3.63, 3.8) is 0 Å². The van der Waals surface area contributed by atoms with E-state index >= 15 is 0 Å². The van der Waals surface area contributed by atoms with Crippen LogP contribution in [0.25, 0.3) is 0 Å². The number of nitrogens with zero attached hydrogens (tertiary/aromatic N) is 1. The van der Waals surface area contributed by atoms with Gasteiger partial charge >= 0.3 is 18.5 Å². The average Bonchev–Trinajstić information content (AvgIpc) is 2.36. The highest BCUT2D eigenvalue weighted by Gasteiger charge is 2.42. The van der Waals surface area contributed by atoms with Crippen LogP contribution in [-0.2, 0) is 28.7 Å². The topological polar surface area (TPSA) is 74.4 Å². The minimum atomic E-state index is -5.35. The highest BCUT2D eigenvalue weighted by Crippen LogP contribution is 2.39. The highest BCUT2D eigenvalue weighted by atomic mass is 19.4. The molecule has 0 saturated heterocycles. The predicted molar refractivity (Wildman–Crippen MR) is 59.5 cm³/mol. The minimum absolute atomic E-state index is 0.436. The lowest BCUT2D eigenvalue weighted by atomic mass is 10.1. The monoisotopic (exact) mass is 332 g/mol. The molecule has 0 bridgehead atoms. The molecule has 1 aromatic rings. The quantitative estimate of drug-likeness (QED) is 0.676. The highest BCUT2D eigenvalue weighted by molar-refractivity contribution is 5.72. The van der Waals surface area contributed by atoms with Gasteiger partial charge in [0.15, 0.2) is 11.4 Å². The first kappa shape index (κ1) is 18.0. The summed E-state index contributed by atoms with van der Waals surface area (Å²) in [4.78, 5) is 14.1. The normalized spacial score (nSPS) is 12.2. The van der Waals surface area contributed by atoms with Gasteiger partial charge < -0.3 is 15.2 Å². The predicted octanol–water partition coefficient (Wildman–Crippen LogP) is 2.17. The molecule has 22 heavy (non-hydrogen) atoms. The Morgan fingerprint density at radius 1 is 1.27 bits per heavy atom. The lowest BCUT2D eigenvalue weighted by molar-refractivity contribution is -0.276. The second-order valence-corrected chi connectivity index (χ2v) is 3.95. The molecular formula is C11H10F6N2O3. The number of nitrogens with two attached hydrogens (primary N) is 1. The van der Waals surface area contributed by atoms with Crippen molar-refractivity contribution in [2.45, 2.75) is 25.5 Å². The first-order valence-corrected chi connectivity index (χ1v) is 5.60. The Bertz CT molecular complexity index is 556. The van der Waals surface area contributed by atoms with Gasteiger partial charge in [-0.15, -0.1) is 13.2 Å². The molecule has 0 unspecified atom stereocenters. The summed E-state index contributed by atoms with van der Waals surface area (Å²) in [6, 6.07) is 0.827. The van der Waals surface area contributed by atoms with Crippen LogP contribution in [0.3, 0.4) is 0 Å². The summed E-state index contributed by atoms with van der Waals surface area (Å²) >= 11 is 0. The van der Waals surface area contributed by atoms with Crippen LogP contribution in [0, 0.1) is 0 Å². The lowest BCUT2D eigenvalue weighted by Gasteiger charge is -2.18. The van der Waals surface area contributed by atoms with Gasteiger partial charge in [0, 0.05) is 12.1 Å². The maximum absolute atomic E-state index is 12.9. The molecule has 0 aromatic carbocycles. The van der Waals surface area contributed by atoms with E-state index in [4.69, 9.17) is 5.73 Å². The number of hydrogen-bond donors (Lipinski definition) is 1. The molecule has 0 radical (unpaired) electrons. The van der Waals surface area contributed by atoms with E-state index in [1.54, 1.807) is 0 Å². The number of hydrogen-bond acceptors (Lipinski definition) is 5. The summed E-state index contributed by atoms with van der Waals surface area (Å²) in [7, 11) is 0.998. The fourth-order valence-corrected chi connectivity index (χ4v) is 1.53. The summed E-state index contributed by atoms with van der Waals surface area (Å²) in [5.41, 5.74) is 2.22. The van der Waals surface area contributed by atoms with Crippen LogP contribution in [0.1, 0.15) is 17.0 Å². The fourth-order valence-electron chi connectivity index (χ4n) is 1.53. The van der Waals surface area contributed by atoms with Crippen LogP contribution in [0.15, 0.2) is 6.07 Å². The SMILES string of the molecule is COC(=O)Cc1cc(CN)c(OC(F)(F)F)c(C(F)(F)F)n1. The first-order valence-electron chi connectivity index (χ1n) is 5.60. The molecule has 5 nitrogen and oxygen atoms in total. The van der Waals surface area contributed by atoms with Crippen molar-refractivity contribution in [2.75, 3.05) is 7.11 Å². The largest absolute Gasteiger partial charge is 0.573 e. The summed E-state index contributed by atoms with van der Waals surface area (Å²) in [6.07, 6.45) is -11.2. The summed E-state index contributed by atoms with van der Waals surface area (Å²) < 4.78 is 83.0. The average molecular weight is 332 g/mol. The van der Waals surface area contributed by atoms with Crippen LogP contribution in [0.5, 0.6) is 5.75 Å². The van der Waals surface area contributed by atoms with Gasteiger partial charge in [-0.1, -0.05) is 0 Å². The van der Waals surface area contributed by atoms with Gasteiger partial charge in [0.1, 0.15) is 0 Å². The Morgan fingerprint density at radius 3 is 2.27 bits per heavy atom. The van der Waals surface area contributed by atoms with Gasteiger partial charge in [-0.05, 0) is 6.07 Å². The van der Waals surface area contributed by atoms with Crippen LogP contribution < -0.4 is 10.5 Å². The first-order chi connectivity index (χ1) is 9.97. The van der Waals surface area contributed by atoms with Crippen molar-refractivity contribution in [1.29, 1.82) is 0 Å². The zero-order valence-electron chi connectivity index (χ0n) is 11.0. The third kappa shape index (κ3) is 4.76. The van der Waals surface area contributed by atoms with Gasteiger partial charge in [0.25, 0.3) is 0 Å². The Balaban J connectivity index is 3.44. The Morgan fingerprint density at radius 2 is 1.86 bits per heavy atom. The zero-order valence-corrected chi connectivity index (χ0v) is 11.0. The number of alkyl halides is 6. The summed E-state index contributed by atoms with van der Waals surface area (Å²) in [5.74, 6) is -2.44. The molecule has 0 amide bonds. The molecule has 124 valence electrons. The molecule has 2 N–H and O–H groups in total. The molecule has 0 aliphatic rings. The second kappa shape index (κ2) is 6.38. The Kier molecular flexibility index (Phi) is 5.22. The van der Waals surface area contributed by atoms with Crippen LogP contribution in [0.4, 0.5) is 26.3 Å². The number of halogens is 6. The molecule has 0 saturated carbocycles. The van der Waals surface area contributed by atoms with Crippen molar-refractivity contribution >= 4 is 5.97 Å². The lowest BCUT2D eigenvalue weighted by Crippen LogP contribution is -2.24. The van der Waals surface area contributed by atoms with E-state index in [0.717, 1.165) is 13.2 Å². The number of carbonyl (C=O) groups is 1. The van der Waals surface area contributed by atoms with E-state index in [0.29, 0.717) is 0 Å². The molecule has 0 spiro atoms. The minimum Gasteiger partial charge on any atom is -0.469 e. The van der Waals surface area contributed by atoms with Crippen molar-refractivity contribution in [3.8, 4) is 5.75 Å². The van der Waals surface area contributed by atoms with Crippen LogP contribution >= 0.6 is 0 Å². The number of ether oxygens (including phenoxy) is 2. The smallest absolute Gasteiger partial charge is 0.469 e. The standard InChI is InChI=1S/C11H10F6N2O3/c1-21-7(20)3-6-2-5(4-18)8(22-11(15,16)17)9(19-6)10(12,13)14/h2H,3-4,18H2,1H3. The molecule has 1 heterocycles. The maximum atomic E-state index is 12.9.